The second-order valence-corrected chi connectivity index (χ2v) is 8.07. The summed E-state index contributed by atoms with van der Waals surface area (Å²) in [6.45, 7) is 0.664. The molecule has 0 aliphatic carbocycles. The number of alkyl halides is 5. The SMILES string of the molecule is CC1CC(F)(F)CN(C(=O)c2nn(C)cc2-n2nccn2)C1CNc1ncc(C(F)(F)F)cn1. The minimum absolute atomic E-state index is 0.0590. The van der Waals surface area contributed by atoms with E-state index in [2.05, 4.69) is 30.6 Å². The Hall–Kier alpha value is -3.65. The van der Waals surface area contributed by atoms with E-state index in [0.29, 0.717) is 12.4 Å². The summed E-state index contributed by atoms with van der Waals surface area (Å²) in [5.74, 6) is -4.65. The summed E-state index contributed by atoms with van der Waals surface area (Å²) in [6.07, 6.45) is 0.468. The molecule has 2 unspecified atom stereocenters. The average molecular weight is 485 g/mol. The van der Waals surface area contributed by atoms with Crippen LogP contribution in [0.3, 0.4) is 0 Å². The lowest BCUT2D eigenvalue weighted by Gasteiger charge is -2.43. The molecule has 10 nitrogen and oxygen atoms in total. The van der Waals surface area contributed by atoms with Crippen molar-refractivity contribution in [2.24, 2.45) is 13.0 Å². The van der Waals surface area contributed by atoms with Gasteiger partial charge in [0.2, 0.25) is 5.95 Å². The van der Waals surface area contributed by atoms with Crippen molar-refractivity contribution in [3.05, 3.63) is 42.2 Å². The van der Waals surface area contributed by atoms with Crippen LogP contribution in [0.1, 0.15) is 29.4 Å². The van der Waals surface area contributed by atoms with Crippen LogP contribution >= 0.6 is 0 Å². The van der Waals surface area contributed by atoms with E-state index in [1.165, 1.54) is 23.3 Å². The van der Waals surface area contributed by atoms with Gasteiger partial charge in [-0.25, -0.2) is 18.7 Å². The molecule has 1 amide bonds. The Balaban J connectivity index is 1.58. The third kappa shape index (κ3) is 4.82. The number of anilines is 1. The highest BCUT2D eigenvalue weighted by Gasteiger charge is 2.47. The van der Waals surface area contributed by atoms with Crippen LogP contribution in [0.25, 0.3) is 5.69 Å². The lowest BCUT2D eigenvalue weighted by atomic mass is 9.88. The van der Waals surface area contributed by atoms with Crippen molar-refractivity contribution in [1.29, 1.82) is 0 Å². The zero-order chi connectivity index (χ0) is 24.7. The fraction of sp³-hybridized carbons (Fsp3) is 0.474. The average Bonchev–Trinajstić information content (AvgIpc) is 3.41. The van der Waals surface area contributed by atoms with Gasteiger partial charge in [0.25, 0.3) is 11.8 Å². The molecule has 1 aliphatic heterocycles. The lowest BCUT2D eigenvalue weighted by molar-refractivity contribution is -0.138. The molecule has 15 heteroatoms. The number of carbonyl (C=O) groups is 1. The first-order chi connectivity index (χ1) is 15.9. The van der Waals surface area contributed by atoms with E-state index in [4.69, 9.17) is 0 Å². The normalized spacial score (nSPS) is 20.4. The number of likely N-dealkylation sites (tertiary alicyclic amines) is 1. The van der Waals surface area contributed by atoms with Gasteiger partial charge in [0.05, 0.1) is 36.7 Å². The quantitative estimate of drug-likeness (QED) is 0.553. The molecular weight excluding hydrogens is 465 g/mol. The number of aryl methyl sites for hydroxylation is 1. The van der Waals surface area contributed by atoms with Crippen LogP contribution in [0.5, 0.6) is 0 Å². The zero-order valence-corrected chi connectivity index (χ0v) is 18.0. The van der Waals surface area contributed by atoms with Gasteiger partial charge in [-0.05, 0) is 5.92 Å². The second-order valence-electron chi connectivity index (χ2n) is 8.07. The smallest absolute Gasteiger partial charge is 0.352 e. The molecule has 4 rings (SSSR count). The molecule has 0 bridgehead atoms. The number of hydrogen-bond acceptors (Lipinski definition) is 7. The largest absolute Gasteiger partial charge is 0.419 e. The number of rotatable bonds is 5. The predicted molar refractivity (Wildman–Crippen MR) is 107 cm³/mol. The predicted octanol–water partition coefficient (Wildman–Crippen LogP) is 2.41. The fourth-order valence-corrected chi connectivity index (χ4v) is 3.89. The number of amides is 1. The molecule has 3 aromatic rings. The molecule has 0 saturated carbocycles. The van der Waals surface area contributed by atoms with Crippen molar-refractivity contribution in [2.45, 2.75) is 31.5 Å². The van der Waals surface area contributed by atoms with Crippen LogP contribution in [0, 0.1) is 5.92 Å². The molecule has 182 valence electrons. The number of hydrogen-bond donors (Lipinski definition) is 1. The van der Waals surface area contributed by atoms with Crippen LogP contribution in [0.15, 0.2) is 31.0 Å². The Morgan fingerprint density at radius 3 is 2.47 bits per heavy atom. The molecule has 0 spiro atoms. The maximum Gasteiger partial charge on any atom is 0.419 e. The van der Waals surface area contributed by atoms with Crippen molar-refractivity contribution in [2.75, 3.05) is 18.4 Å². The van der Waals surface area contributed by atoms with Crippen LogP contribution < -0.4 is 5.32 Å². The van der Waals surface area contributed by atoms with Crippen LogP contribution in [0.4, 0.5) is 27.9 Å². The third-order valence-electron chi connectivity index (χ3n) is 5.44. The zero-order valence-electron chi connectivity index (χ0n) is 18.0. The van der Waals surface area contributed by atoms with E-state index in [9.17, 15) is 26.7 Å². The lowest BCUT2D eigenvalue weighted by Crippen LogP contribution is -2.57. The van der Waals surface area contributed by atoms with Crippen molar-refractivity contribution in [1.82, 2.24) is 39.6 Å². The van der Waals surface area contributed by atoms with E-state index >= 15 is 0 Å². The Morgan fingerprint density at radius 2 is 1.85 bits per heavy atom. The summed E-state index contributed by atoms with van der Waals surface area (Å²) in [5.41, 5.74) is -0.911. The number of piperidine rings is 1. The second kappa shape index (κ2) is 8.61. The third-order valence-corrected chi connectivity index (χ3v) is 5.44. The van der Waals surface area contributed by atoms with E-state index in [0.717, 1.165) is 9.70 Å². The molecule has 0 radical (unpaired) electrons. The molecule has 1 N–H and O–H groups in total. The van der Waals surface area contributed by atoms with E-state index in [-0.39, 0.29) is 23.9 Å². The van der Waals surface area contributed by atoms with Crippen molar-refractivity contribution in [3.8, 4) is 5.69 Å². The van der Waals surface area contributed by atoms with E-state index in [1.54, 1.807) is 14.0 Å². The molecular formula is C19H20F5N9O. The minimum atomic E-state index is -4.59. The molecule has 1 saturated heterocycles. The Labute approximate surface area is 189 Å². The fourth-order valence-electron chi connectivity index (χ4n) is 3.89. The topological polar surface area (TPSA) is 107 Å². The first-order valence-electron chi connectivity index (χ1n) is 10.2. The summed E-state index contributed by atoms with van der Waals surface area (Å²) >= 11 is 0. The van der Waals surface area contributed by atoms with Gasteiger partial charge in [0, 0.05) is 32.4 Å². The first-order valence-corrected chi connectivity index (χ1v) is 10.2. The van der Waals surface area contributed by atoms with Crippen molar-refractivity contribution in [3.63, 3.8) is 0 Å². The summed E-state index contributed by atoms with van der Waals surface area (Å²) in [4.78, 5) is 22.8. The van der Waals surface area contributed by atoms with Gasteiger partial charge in [-0.3, -0.25) is 9.48 Å². The molecule has 1 aliphatic rings. The highest BCUT2D eigenvalue weighted by Crippen LogP contribution is 2.35. The molecule has 0 aromatic carbocycles. The first kappa shape index (κ1) is 23.5. The van der Waals surface area contributed by atoms with Gasteiger partial charge in [0.1, 0.15) is 5.69 Å². The monoisotopic (exact) mass is 485 g/mol. The van der Waals surface area contributed by atoms with Gasteiger partial charge < -0.3 is 10.2 Å². The van der Waals surface area contributed by atoms with Crippen LogP contribution in [-0.4, -0.2) is 70.6 Å². The summed E-state index contributed by atoms with van der Waals surface area (Å²) in [5, 5.41) is 14.8. The van der Waals surface area contributed by atoms with Gasteiger partial charge in [-0.1, -0.05) is 6.92 Å². The van der Waals surface area contributed by atoms with Crippen molar-refractivity contribution >= 4 is 11.9 Å². The number of aromatic nitrogens is 7. The van der Waals surface area contributed by atoms with Gasteiger partial charge >= 0.3 is 6.18 Å². The summed E-state index contributed by atoms with van der Waals surface area (Å²) < 4.78 is 68.4. The van der Waals surface area contributed by atoms with E-state index < -0.39 is 48.5 Å². The molecule has 1 fully saturated rings. The van der Waals surface area contributed by atoms with Crippen LogP contribution in [0.2, 0.25) is 0 Å². The Kier molecular flexibility index (Phi) is 5.95. The highest BCUT2D eigenvalue weighted by molar-refractivity contribution is 5.96. The molecule has 34 heavy (non-hydrogen) atoms. The maximum atomic E-state index is 14.5. The van der Waals surface area contributed by atoms with Gasteiger partial charge in [-0.15, -0.1) is 4.80 Å². The number of nitrogens with zero attached hydrogens (tertiary/aromatic N) is 8. The Bertz CT molecular complexity index is 1140. The maximum absolute atomic E-state index is 14.5. The Morgan fingerprint density at radius 1 is 1.21 bits per heavy atom. The molecule has 3 aromatic heterocycles. The number of nitrogens with one attached hydrogen (secondary N) is 1. The summed E-state index contributed by atoms with van der Waals surface area (Å²) in [6, 6.07) is -0.738. The standard InChI is InChI=1S/C19H20F5N9O/c1-11-5-18(20,21)10-32(13(11)8-27-17-25-6-12(7-26-17)19(22,23)24)16(34)15-14(9-31(2)30-15)33-28-3-4-29-33/h3-4,6-7,9,11,13H,5,8,10H2,1-2H3,(H,25,26,27). The van der Waals surface area contributed by atoms with Gasteiger partial charge in [0.15, 0.2) is 5.69 Å². The van der Waals surface area contributed by atoms with Crippen LogP contribution in [-0.2, 0) is 13.2 Å². The summed E-state index contributed by atoms with van der Waals surface area (Å²) in [7, 11) is 1.57. The van der Waals surface area contributed by atoms with Gasteiger partial charge in [-0.2, -0.15) is 28.5 Å². The van der Waals surface area contributed by atoms with E-state index in [1.807, 2.05) is 0 Å². The highest BCUT2D eigenvalue weighted by atomic mass is 19.4. The number of carbonyl (C=O) groups excluding carboxylic acids is 1. The molecule has 4 heterocycles. The minimum Gasteiger partial charge on any atom is -0.352 e. The van der Waals surface area contributed by atoms with Crippen molar-refractivity contribution < 1.29 is 26.7 Å². The molecule has 2 atom stereocenters. The number of halogens is 5.